The molecule has 7 rings (SSSR count). The molecular formula is C33H34N2O5. The number of hydrogen-bond acceptors (Lipinski definition) is 4. The van der Waals surface area contributed by atoms with Crippen LogP contribution in [0, 0.1) is 17.3 Å². The number of hydrogen-bond donors (Lipinski definition) is 3. The molecule has 3 aromatic carbocycles. The van der Waals surface area contributed by atoms with E-state index in [-0.39, 0.29) is 34.8 Å². The summed E-state index contributed by atoms with van der Waals surface area (Å²) in [4.78, 5) is 37.2. The first-order valence-electron chi connectivity index (χ1n) is 14.0. The zero-order valence-electron chi connectivity index (χ0n) is 22.4. The van der Waals surface area contributed by atoms with Crippen molar-refractivity contribution in [3.8, 4) is 5.75 Å². The lowest BCUT2D eigenvalue weighted by molar-refractivity contribution is -0.149. The molecule has 0 heterocycles. The number of aromatic carboxylic acids is 1. The number of ether oxygens (including phenoxy) is 1. The van der Waals surface area contributed by atoms with Crippen molar-refractivity contribution < 1.29 is 24.2 Å². The summed E-state index contributed by atoms with van der Waals surface area (Å²) in [6.07, 6.45) is 6.31. The molecule has 4 aliphatic rings. The van der Waals surface area contributed by atoms with Gasteiger partial charge in [-0.1, -0.05) is 48.5 Å². The number of benzene rings is 3. The summed E-state index contributed by atoms with van der Waals surface area (Å²) < 4.78 is 5.73. The maximum Gasteiger partial charge on any atom is 0.335 e. The van der Waals surface area contributed by atoms with E-state index in [0.29, 0.717) is 29.8 Å². The largest absolute Gasteiger partial charge is 0.484 e. The van der Waals surface area contributed by atoms with Gasteiger partial charge in [0.1, 0.15) is 5.75 Å². The maximum atomic E-state index is 13.6. The van der Waals surface area contributed by atoms with E-state index in [9.17, 15) is 14.4 Å². The molecule has 2 amide bonds. The first-order valence-corrected chi connectivity index (χ1v) is 14.0. The molecule has 0 spiro atoms. The first-order chi connectivity index (χ1) is 19.3. The molecule has 0 radical (unpaired) electrons. The summed E-state index contributed by atoms with van der Waals surface area (Å²) in [5, 5.41) is 15.1. The molecular weight excluding hydrogens is 504 g/mol. The fourth-order valence-electron chi connectivity index (χ4n) is 7.81. The van der Waals surface area contributed by atoms with Gasteiger partial charge in [0.05, 0.1) is 11.0 Å². The van der Waals surface area contributed by atoms with Crippen molar-refractivity contribution in [3.05, 3.63) is 95.6 Å². The van der Waals surface area contributed by atoms with Crippen LogP contribution in [0.5, 0.6) is 5.75 Å². The number of carbonyl (C=O) groups is 3. The molecule has 3 N–H and O–H groups in total. The Hall–Kier alpha value is -4.13. The van der Waals surface area contributed by atoms with Crippen LogP contribution in [0.2, 0.25) is 0 Å². The number of nitrogens with one attached hydrogen (secondary N) is 2. The minimum Gasteiger partial charge on any atom is -0.484 e. The Bertz CT molecular complexity index is 1400. The highest BCUT2D eigenvalue weighted by Gasteiger charge is 2.60. The van der Waals surface area contributed by atoms with Crippen LogP contribution >= 0.6 is 0 Å². The van der Waals surface area contributed by atoms with Gasteiger partial charge in [-0.25, -0.2) is 4.79 Å². The van der Waals surface area contributed by atoms with Gasteiger partial charge in [0.25, 0.3) is 5.91 Å². The van der Waals surface area contributed by atoms with Crippen LogP contribution in [0.1, 0.15) is 60.0 Å². The van der Waals surface area contributed by atoms with Crippen LogP contribution in [0.25, 0.3) is 0 Å². The molecule has 4 aliphatic carbocycles. The number of anilines is 1. The standard InChI is InChI=1S/C33H34N2O5/c36-29(35-27-8-4-7-25(14-27)30(37)38)20-40-28-11-9-26(10-12-28)32-15-23-13-24(16-32)18-33(17-23,21-32)31(39)34-19-22-5-2-1-3-6-22/h1-12,14,23-24H,13,15-21H2,(H,34,39)(H,35,36)(H,37,38). The monoisotopic (exact) mass is 538 g/mol. The van der Waals surface area contributed by atoms with Gasteiger partial charge in [0, 0.05) is 12.2 Å². The van der Waals surface area contributed by atoms with Gasteiger partial charge in [-0.05, 0) is 97.2 Å². The van der Waals surface area contributed by atoms with Crippen LogP contribution in [-0.2, 0) is 21.5 Å². The quantitative estimate of drug-likeness (QED) is 0.331. The maximum absolute atomic E-state index is 13.6. The molecule has 4 fully saturated rings. The second kappa shape index (κ2) is 10.5. The third-order valence-electron chi connectivity index (χ3n) is 9.07. The van der Waals surface area contributed by atoms with E-state index in [0.717, 1.165) is 37.7 Å². The average Bonchev–Trinajstić information content (AvgIpc) is 2.95. The van der Waals surface area contributed by atoms with Gasteiger partial charge in [0.2, 0.25) is 5.91 Å². The fraction of sp³-hybridized carbons (Fsp3) is 0.364. The zero-order valence-corrected chi connectivity index (χ0v) is 22.4. The normalized spacial score (nSPS) is 26.2. The number of carboxylic acids is 1. The van der Waals surface area contributed by atoms with Crippen LogP contribution in [0.4, 0.5) is 5.69 Å². The molecule has 2 atom stereocenters. The highest BCUT2D eigenvalue weighted by Crippen LogP contribution is 2.65. The smallest absolute Gasteiger partial charge is 0.335 e. The predicted molar refractivity (Wildman–Crippen MR) is 151 cm³/mol. The molecule has 4 saturated carbocycles. The van der Waals surface area contributed by atoms with Gasteiger partial charge < -0.3 is 20.5 Å². The van der Waals surface area contributed by atoms with Crippen molar-refractivity contribution >= 4 is 23.5 Å². The van der Waals surface area contributed by atoms with Crippen LogP contribution in [-0.4, -0.2) is 29.5 Å². The van der Waals surface area contributed by atoms with Crippen LogP contribution in [0.15, 0.2) is 78.9 Å². The second-order valence-corrected chi connectivity index (χ2v) is 11.9. The number of amides is 2. The third-order valence-corrected chi connectivity index (χ3v) is 9.07. The lowest BCUT2D eigenvalue weighted by Crippen LogP contribution is -2.59. The SMILES string of the molecule is O=C(COc1ccc(C23CC4CC(CC(C(=O)NCc5ccccc5)(C4)C2)C3)cc1)Nc1cccc(C(=O)O)c1. The van der Waals surface area contributed by atoms with Crippen molar-refractivity contribution in [2.75, 3.05) is 11.9 Å². The lowest BCUT2D eigenvalue weighted by atomic mass is 9.42. The highest BCUT2D eigenvalue weighted by molar-refractivity contribution is 5.94. The molecule has 7 heteroatoms. The Kier molecular flexibility index (Phi) is 6.82. The Morgan fingerprint density at radius 2 is 1.60 bits per heavy atom. The zero-order chi connectivity index (χ0) is 27.7. The minimum atomic E-state index is -1.05. The summed E-state index contributed by atoms with van der Waals surface area (Å²) in [5.41, 5.74) is 2.59. The number of carbonyl (C=O) groups excluding carboxylic acids is 2. The van der Waals surface area contributed by atoms with E-state index >= 15 is 0 Å². The van der Waals surface area contributed by atoms with Gasteiger partial charge in [-0.15, -0.1) is 0 Å². The number of rotatable bonds is 9. The van der Waals surface area contributed by atoms with Gasteiger partial charge in [-0.2, -0.15) is 0 Å². The van der Waals surface area contributed by atoms with E-state index in [4.69, 9.17) is 9.84 Å². The van der Waals surface area contributed by atoms with Gasteiger partial charge in [-0.3, -0.25) is 9.59 Å². The van der Waals surface area contributed by atoms with Gasteiger partial charge in [0.15, 0.2) is 6.61 Å². The second-order valence-electron chi connectivity index (χ2n) is 11.9. The summed E-state index contributed by atoms with van der Waals surface area (Å²) in [6.45, 7) is 0.380. The summed E-state index contributed by atoms with van der Waals surface area (Å²) in [7, 11) is 0. The molecule has 0 saturated heterocycles. The van der Waals surface area contributed by atoms with Crippen LogP contribution in [0.3, 0.4) is 0 Å². The fourth-order valence-corrected chi connectivity index (χ4v) is 7.81. The van der Waals surface area contributed by atoms with E-state index in [1.165, 1.54) is 24.1 Å². The highest BCUT2D eigenvalue weighted by atomic mass is 16.5. The van der Waals surface area contributed by atoms with Crippen molar-refractivity contribution in [1.82, 2.24) is 5.32 Å². The molecule has 0 aromatic heterocycles. The summed E-state index contributed by atoms with van der Waals surface area (Å²) in [6, 6.07) is 24.2. The number of carboxylic acid groups (broad SMARTS) is 1. The van der Waals surface area contributed by atoms with E-state index in [2.05, 4.69) is 22.8 Å². The van der Waals surface area contributed by atoms with Crippen molar-refractivity contribution in [2.24, 2.45) is 17.3 Å². The molecule has 2 unspecified atom stereocenters. The third kappa shape index (κ3) is 5.20. The van der Waals surface area contributed by atoms with E-state index in [1.54, 1.807) is 12.1 Å². The molecule has 40 heavy (non-hydrogen) atoms. The first kappa shape index (κ1) is 26.1. The molecule has 0 aliphatic heterocycles. The Labute approximate surface area is 233 Å². The Balaban J connectivity index is 1.10. The average molecular weight is 539 g/mol. The summed E-state index contributed by atoms with van der Waals surface area (Å²) in [5.74, 6) is 0.528. The van der Waals surface area contributed by atoms with Crippen molar-refractivity contribution in [2.45, 2.75) is 50.5 Å². The van der Waals surface area contributed by atoms with Crippen molar-refractivity contribution in [1.29, 1.82) is 0 Å². The topological polar surface area (TPSA) is 105 Å². The minimum absolute atomic E-state index is 0.000761. The lowest BCUT2D eigenvalue weighted by Gasteiger charge is -2.61. The molecule has 7 nitrogen and oxygen atoms in total. The van der Waals surface area contributed by atoms with Crippen LogP contribution < -0.4 is 15.4 Å². The molecule has 4 bridgehead atoms. The molecule has 3 aromatic rings. The van der Waals surface area contributed by atoms with Gasteiger partial charge >= 0.3 is 5.97 Å². The predicted octanol–water partition coefficient (Wildman–Crippen LogP) is 5.56. The molecule has 206 valence electrons. The van der Waals surface area contributed by atoms with Crippen molar-refractivity contribution in [3.63, 3.8) is 0 Å². The Morgan fingerprint density at radius 1 is 0.875 bits per heavy atom. The van der Waals surface area contributed by atoms with E-state index in [1.807, 2.05) is 42.5 Å². The van der Waals surface area contributed by atoms with E-state index < -0.39 is 5.97 Å². The Morgan fingerprint density at radius 3 is 2.30 bits per heavy atom. The summed E-state index contributed by atoms with van der Waals surface area (Å²) >= 11 is 0.